The summed E-state index contributed by atoms with van der Waals surface area (Å²) in [4.78, 5) is 0. The predicted molar refractivity (Wildman–Crippen MR) is 143 cm³/mol. The highest BCUT2D eigenvalue weighted by Gasteiger charge is 2.55. The van der Waals surface area contributed by atoms with E-state index in [-0.39, 0.29) is 42.4 Å². The van der Waals surface area contributed by atoms with Gasteiger partial charge in [-0.2, -0.15) is 0 Å². The van der Waals surface area contributed by atoms with E-state index in [1.165, 1.54) is 25.7 Å². The van der Waals surface area contributed by atoms with Gasteiger partial charge in [0.15, 0.2) is 14.1 Å². The number of hydrogen-bond acceptors (Lipinski definition) is 6. The lowest BCUT2D eigenvalue weighted by molar-refractivity contribution is -0.225. The highest BCUT2D eigenvalue weighted by Crippen LogP contribution is 2.41. The molecule has 2 aliphatic rings. The van der Waals surface area contributed by atoms with Gasteiger partial charge < -0.3 is 28.1 Å². The summed E-state index contributed by atoms with van der Waals surface area (Å²) in [6.45, 7) is 18.3. The summed E-state index contributed by atoms with van der Waals surface area (Å²) >= 11 is 0. The van der Waals surface area contributed by atoms with Gasteiger partial charge in [-0.25, -0.2) is 0 Å². The van der Waals surface area contributed by atoms with Gasteiger partial charge in [-0.15, -0.1) is 11.8 Å². The minimum atomic E-state index is -1.85. The highest BCUT2D eigenvalue weighted by atomic mass is 28.4. The first-order chi connectivity index (χ1) is 16.4. The summed E-state index contributed by atoms with van der Waals surface area (Å²) in [7, 11) is -0.213. The Morgan fingerprint density at radius 1 is 0.943 bits per heavy atom. The first kappa shape index (κ1) is 30.8. The van der Waals surface area contributed by atoms with Crippen molar-refractivity contribution in [2.24, 2.45) is 0 Å². The number of hydrogen-bond donors (Lipinski definition) is 0. The molecular weight excluding hydrogens is 460 g/mol. The van der Waals surface area contributed by atoms with Gasteiger partial charge in [0.2, 0.25) is 0 Å². The third-order valence-corrected chi connectivity index (χ3v) is 12.0. The van der Waals surface area contributed by atoms with Gasteiger partial charge in [-0.3, -0.25) is 0 Å². The first-order valence-corrected chi connectivity index (χ1v) is 16.5. The molecule has 0 spiro atoms. The Bertz CT molecular complexity index is 677. The fourth-order valence-corrected chi connectivity index (χ4v) is 5.48. The summed E-state index contributed by atoms with van der Waals surface area (Å²) in [6, 6.07) is 0. The third-order valence-electron chi connectivity index (χ3n) is 7.45. The molecular formula is C28H52O6Si. The van der Waals surface area contributed by atoms with Crippen LogP contribution >= 0.6 is 0 Å². The van der Waals surface area contributed by atoms with Gasteiger partial charge in [0.1, 0.15) is 25.1 Å². The lowest BCUT2D eigenvalue weighted by Crippen LogP contribution is -2.57. The van der Waals surface area contributed by atoms with Gasteiger partial charge >= 0.3 is 0 Å². The molecule has 0 amide bonds. The van der Waals surface area contributed by atoms with E-state index in [2.05, 4.69) is 52.6 Å². The van der Waals surface area contributed by atoms with E-state index >= 15 is 0 Å². The van der Waals surface area contributed by atoms with E-state index < -0.39 is 14.1 Å². The number of unbranched alkanes of at least 4 members (excludes halogenated alkanes) is 5. The molecule has 0 radical (unpaired) electrons. The zero-order valence-electron chi connectivity index (χ0n) is 23.9. The van der Waals surface area contributed by atoms with Crippen molar-refractivity contribution in [3.8, 4) is 11.8 Å². The highest BCUT2D eigenvalue weighted by molar-refractivity contribution is 6.74. The van der Waals surface area contributed by atoms with Crippen molar-refractivity contribution in [1.82, 2.24) is 0 Å². The summed E-state index contributed by atoms with van der Waals surface area (Å²) in [5.41, 5.74) is 0. The van der Waals surface area contributed by atoms with E-state index in [1.54, 1.807) is 7.11 Å². The molecule has 2 heterocycles. The molecule has 0 aromatic carbocycles. The molecule has 0 aliphatic carbocycles. The fourth-order valence-electron chi connectivity index (χ4n) is 4.42. The van der Waals surface area contributed by atoms with Crippen molar-refractivity contribution in [3.05, 3.63) is 0 Å². The van der Waals surface area contributed by atoms with Crippen molar-refractivity contribution in [2.45, 2.75) is 147 Å². The minimum absolute atomic E-state index is 0.158. The van der Waals surface area contributed by atoms with E-state index in [4.69, 9.17) is 28.1 Å². The second-order valence-electron chi connectivity index (χ2n) is 11.9. The second kappa shape index (κ2) is 13.9. The van der Waals surface area contributed by atoms with Gasteiger partial charge in [0.05, 0.1) is 12.2 Å². The molecule has 0 aromatic rings. The predicted octanol–water partition coefficient (Wildman–Crippen LogP) is 6.43. The number of methoxy groups -OCH3 is 1. The van der Waals surface area contributed by atoms with Crippen LogP contribution < -0.4 is 0 Å². The maximum Gasteiger partial charge on any atom is 0.191 e. The van der Waals surface area contributed by atoms with Crippen molar-refractivity contribution in [2.75, 3.05) is 20.5 Å². The quantitative estimate of drug-likeness (QED) is 0.123. The van der Waals surface area contributed by atoms with E-state index in [0.717, 1.165) is 19.3 Å². The fraction of sp³-hybridized carbons (Fsp3) is 0.929. The molecule has 2 fully saturated rings. The Morgan fingerprint density at radius 3 is 2.29 bits per heavy atom. The van der Waals surface area contributed by atoms with Crippen LogP contribution in [0.15, 0.2) is 0 Å². The van der Waals surface area contributed by atoms with Crippen molar-refractivity contribution in [1.29, 1.82) is 0 Å². The molecule has 2 saturated heterocycles. The number of fused-ring (bicyclic) bond motifs is 1. The molecule has 0 bridgehead atoms. The Hall–Kier alpha value is -0.463. The molecule has 204 valence electrons. The average molecular weight is 513 g/mol. The summed E-state index contributed by atoms with van der Waals surface area (Å²) in [5, 5.41) is 0.165. The van der Waals surface area contributed by atoms with Crippen LogP contribution in [0.2, 0.25) is 18.1 Å². The second-order valence-corrected chi connectivity index (χ2v) is 16.7. The molecule has 0 aromatic heterocycles. The van der Waals surface area contributed by atoms with Gasteiger partial charge in [-0.05, 0) is 44.8 Å². The van der Waals surface area contributed by atoms with E-state index in [0.29, 0.717) is 13.0 Å². The zero-order chi connectivity index (χ0) is 26.1. The van der Waals surface area contributed by atoms with Crippen LogP contribution in [0.4, 0.5) is 0 Å². The SMILES string of the molecule is CCCCCCCC#CC[C@H]1O[C@@H](CCO[Si](C)(C)C(C)(C)C)[C@@H](OCOC)[C@@H]2OC(C)(C)O[C@@H]21. The zero-order valence-corrected chi connectivity index (χ0v) is 24.9. The normalized spacial score (nSPS) is 28.4. The van der Waals surface area contributed by atoms with Crippen LogP contribution in [0.25, 0.3) is 0 Å². The smallest absolute Gasteiger partial charge is 0.191 e. The first-order valence-electron chi connectivity index (χ1n) is 13.6. The molecule has 2 rings (SSSR count). The average Bonchev–Trinajstić information content (AvgIpc) is 3.09. The van der Waals surface area contributed by atoms with Crippen molar-refractivity contribution in [3.63, 3.8) is 0 Å². The Morgan fingerprint density at radius 2 is 1.63 bits per heavy atom. The molecule has 7 heteroatoms. The van der Waals surface area contributed by atoms with Gasteiger partial charge in [-0.1, -0.05) is 53.4 Å². The molecule has 35 heavy (non-hydrogen) atoms. The Labute approximate surface area is 216 Å². The minimum Gasteiger partial charge on any atom is -0.417 e. The van der Waals surface area contributed by atoms with E-state index in [9.17, 15) is 0 Å². The summed E-state index contributed by atoms with van der Waals surface area (Å²) in [5.74, 6) is 6.03. The molecule has 0 saturated carbocycles. The van der Waals surface area contributed by atoms with Crippen LogP contribution in [-0.2, 0) is 28.1 Å². The van der Waals surface area contributed by atoms with Crippen LogP contribution in [0.1, 0.15) is 92.9 Å². The lowest BCUT2D eigenvalue weighted by atomic mass is 9.92. The lowest BCUT2D eigenvalue weighted by Gasteiger charge is -2.42. The Balaban J connectivity index is 2.06. The maximum atomic E-state index is 6.61. The number of ether oxygens (including phenoxy) is 5. The van der Waals surface area contributed by atoms with Crippen LogP contribution in [-0.4, -0.2) is 65.1 Å². The summed E-state index contributed by atoms with van der Waals surface area (Å²) < 4.78 is 37.0. The van der Waals surface area contributed by atoms with Gasteiger partial charge in [0, 0.05) is 26.6 Å². The maximum absolute atomic E-state index is 6.61. The largest absolute Gasteiger partial charge is 0.417 e. The molecule has 6 nitrogen and oxygen atoms in total. The van der Waals surface area contributed by atoms with Crippen molar-refractivity contribution >= 4 is 8.32 Å². The van der Waals surface area contributed by atoms with Crippen molar-refractivity contribution < 1.29 is 28.1 Å². The molecule has 5 atom stereocenters. The van der Waals surface area contributed by atoms with Crippen LogP contribution in [0.3, 0.4) is 0 Å². The Kier molecular flexibility index (Phi) is 12.2. The van der Waals surface area contributed by atoms with Crippen LogP contribution in [0, 0.1) is 11.8 Å². The standard InChI is InChI=1S/C28H52O6Si/c1-10-11-12-13-14-15-16-17-18-22-25-26(34-28(5,6)33-25)24(30-21-29-7)23(32-22)19-20-31-35(8,9)27(2,3)4/h22-26H,10-15,18-21H2,1-9H3/t22-,23+,24-,25-,26+/m1/s1. The number of rotatable bonds is 13. The molecule has 2 aliphatic heterocycles. The summed E-state index contributed by atoms with van der Waals surface area (Å²) in [6.07, 6.45) is 7.54. The molecule has 0 unspecified atom stereocenters. The van der Waals surface area contributed by atoms with E-state index in [1.807, 2.05) is 13.8 Å². The van der Waals surface area contributed by atoms with Gasteiger partial charge in [0.25, 0.3) is 0 Å². The molecule has 0 N–H and O–H groups in total. The topological polar surface area (TPSA) is 55.4 Å². The third kappa shape index (κ3) is 9.41. The van der Waals surface area contributed by atoms with Crippen LogP contribution in [0.5, 0.6) is 0 Å². The monoisotopic (exact) mass is 512 g/mol.